The summed E-state index contributed by atoms with van der Waals surface area (Å²) in [4.78, 5) is 86.3. The zero-order chi connectivity index (χ0) is 47.9. The molecule has 66 heavy (non-hydrogen) atoms. The molecule has 5 rings (SSSR count). The van der Waals surface area contributed by atoms with Crippen molar-refractivity contribution in [2.75, 3.05) is 39.9 Å². The van der Waals surface area contributed by atoms with Crippen LogP contribution in [0.15, 0.2) is 54.7 Å². The normalized spacial score (nSPS) is 16.6. The fourth-order valence-corrected chi connectivity index (χ4v) is 8.29. The highest BCUT2D eigenvalue weighted by Gasteiger charge is 2.36. The van der Waals surface area contributed by atoms with Gasteiger partial charge in [0.1, 0.15) is 36.4 Å². The predicted molar refractivity (Wildman–Crippen MR) is 250 cm³/mol. The summed E-state index contributed by atoms with van der Waals surface area (Å²) in [5.41, 5.74) is 22.8. The number of benzene rings is 2. The number of aryl methyl sites for hydroxylation is 3. The monoisotopic (exact) mass is 901 g/mol. The van der Waals surface area contributed by atoms with Crippen LogP contribution in [0.3, 0.4) is 0 Å². The fraction of sp³-hybridized carbons (Fsp3) is 0.460. The van der Waals surface area contributed by atoms with Gasteiger partial charge in [-0.25, -0.2) is 9.97 Å². The van der Waals surface area contributed by atoms with Gasteiger partial charge in [-0.15, -0.1) is 0 Å². The molecular formula is C50H63N9O7. The number of ether oxygens (including phenoxy) is 2. The maximum atomic E-state index is 14.8. The number of aromatic nitrogens is 3. The molecule has 0 unspecified atom stereocenters. The van der Waals surface area contributed by atoms with E-state index in [0.717, 1.165) is 24.8 Å². The first-order valence-electron chi connectivity index (χ1n) is 22.7. The van der Waals surface area contributed by atoms with Crippen molar-refractivity contribution in [1.29, 1.82) is 5.26 Å². The molecule has 350 valence electrons. The molecule has 0 saturated carbocycles. The highest BCUT2D eigenvalue weighted by molar-refractivity contribution is 6.01. The summed E-state index contributed by atoms with van der Waals surface area (Å²) >= 11 is 0. The van der Waals surface area contributed by atoms with Crippen LogP contribution < -0.4 is 32.0 Å². The van der Waals surface area contributed by atoms with Crippen molar-refractivity contribution in [1.82, 2.24) is 25.2 Å². The van der Waals surface area contributed by atoms with Gasteiger partial charge in [0.2, 0.25) is 11.8 Å². The summed E-state index contributed by atoms with van der Waals surface area (Å²) in [5.74, 6) is -2.82. The van der Waals surface area contributed by atoms with E-state index in [1.165, 1.54) is 11.9 Å². The number of carbonyl (C=O) groups is 5. The highest BCUT2D eigenvalue weighted by Crippen LogP contribution is 2.41. The second-order valence-corrected chi connectivity index (χ2v) is 16.8. The summed E-state index contributed by atoms with van der Waals surface area (Å²) < 4.78 is 12.3. The van der Waals surface area contributed by atoms with Gasteiger partial charge in [-0.3, -0.25) is 29.0 Å². The van der Waals surface area contributed by atoms with Crippen LogP contribution in [-0.4, -0.2) is 95.0 Å². The number of unbranched alkanes of at least 4 members (excludes halogenated alkanes) is 1. The minimum Gasteiger partial charge on any atom is -0.492 e. The summed E-state index contributed by atoms with van der Waals surface area (Å²) in [7, 11) is 1.50. The second kappa shape index (κ2) is 24.2. The molecule has 16 nitrogen and oxygen atoms in total. The maximum Gasteiger partial charge on any atom is 0.226 e. The molecule has 1 aliphatic heterocycles. The molecule has 16 heteroatoms. The molecule has 4 atom stereocenters. The average Bonchev–Trinajstić information content (AvgIpc) is 3.30. The van der Waals surface area contributed by atoms with Gasteiger partial charge in [-0.05, 0) is 93.1 Å². The summed E-state index contributed by atoms with van der Waals surface area (Å²) in [5, 5.41) is 12.1. The number of nitrogens with two attached hydrogens (primary N) is 3. The standard InChI is InChI=1S/C50H63N9O7/c1-6-7-9-33-11-14-39(55-29-33)48-56-31(3)46(32(4)57-48)42(61)28-36(17-19-52)50(64)59(5)47-35-13-16-45(66-23-21-54)38(27-35)37-25-34(12-15-44(37)65-22-20-53)26-40(41(60)10-8-18-51)58-49(63)30(2)24-43(47)62/h11-16,25,27,29-30,36,40,47H,6-10,17,19-24,26,28,52-54H2,1-5H3,(H,58,63)/t30-,36-,40+,47+/m1/s1. The first-order chi connectivity index (χ1) is 31.7. The van der Waals surface area contributed by atoms with Crippen molar-refractivity contribution in [2.45, 2.75) is 97.6 Å². The van der Waals surface area contributed by atoms with E-state index >= 15 is 0 Å². The van der Waals surface area contributed by atoms with Crippen molar-refractivity contribution in [3.63, 3.8) is 0 Å². The van der Waals surface area contributed by atoms with E-state index in [0.29, 0.717) is 62.2 Å². The number of ketones is 3. The molecule has 7 N–H and O–H groups in total. The predicted octanol–water partition coefficient (Wildman–Crippen LogP) is 5.09. The van der Waals surface area contributed by atoms with Crippen LogP contribution >= 0.6 is 0 Å². The van der Waals surface area contributed by atoms with E-state index in [1.807, 2.05) is 30.5 Å². The molecule has 0 fully saturated rings. The Labute approximate surface area is 387 Å². The van der Waals surface area contributed by atoms with Gasteiger partial charge in [0.15, 0.2) is 23.2 Å². The largest absolute Gasteiger partial charge is 0.492 e. The van der Waals surface area contributed by atoms with Crippen molar-refractivity contribution < 1.29 is 33.4 Å². The van der Waals surface area contributed by atoms with Gasteiger partial charge in [0.25, 0.3) is 0 Å². The number of pyridine rings is 1. The summed E-state index contributed by atoms with van der Waals surface area (Å²) in [6, 6.07) is 14.1. The topological polar surface area (TPSA) is 260 Å². The van der Waals surface area contributed by atoms with Crippen molar-refractivity contribution in [3.8, 4) is 40.2 Å². The first-order valence-corrected chi connectivity index (χ1v) is 22.7. The highest BCUT2D eigenvalue weighted by atomic mass is 16.5. The van der Waals surface area contributed by atoms with E-state index < -0.39 is 41.5 Å². The molecule has 4 bridgehead atoms. The number of nitrogens with one attached hydrogen (secondary N) is 1. The third-order valence-corrected chi connectivity index (χ3v) is 11.7. The molecule has 0 radical (unpaired) electrons. The van der Waals surface area contributed by atoms with Gasteiger partial charge < -0.3 is 36.9 Å². The Morgan fingerprint density at radius 2 is 1.59 bits per heavy atom. The van der Waals surface area contributed by atoms with Gasteiger partial charge in [-0.1, -0.05) is 38.5 Å². The van der Waals surface area contributed by atoms with E-state index in [9.17, 15) is 29.2 Å². The van der Waals surface area contributed by atoms with E-state index in [4.69, 9.17) is 26.7 Å². The zero-order valence-corrected chi connectivity index (χ0v) is 38.7. The van der Waals surface area contributed by atoms with Crippen LogP contribution in [-0.2, 0) is 32.0 Å². The Kier molecular flexibility index (Phi) is 18.6. The van der Waals surface area contributed by atoms with Crippen LogP contribution in [0.1, 0.15) is 103 Å². The fourth-order valence-electron chi connectivity index (χ4n) is 8.29. The zero-order valence-electron chi connectivity index (χ0n) is 38.7. The Balaban J connectivity index is 1.56. The lowest BCUT2D eigenvalue weighted by atomic mass is 9.88. The van der Waals surface area contributed by atoms with Gasteiger partial charge >= 0.3 is 0 Å². The third-order valence-electron chi connectivity index (χ3n) is 11.7. The number of carbonyl (C=O) groups excluding carboxylic acids is 5. The maximum absolute atomic E-state index is 14.8. The number of hydrogen-bond donors (Lipinski definition) is 4. The quantitative estimate of drug-likeness (QED) is 0.0843. The molecule has 3 heterocycles. The SMILES string of the molecule is CCCCc1ccc(-c2nc(C)c(C(=O)C[C@@H](CCN)C(=O)N(C)[C@@H]3C(=O)C[C@@H](C)C(=O)N[C@H](C(=O)CCC#N)Cc4ccc(OCCN)c(c4)-c4cc3ccc4OCCN)c(C)n2)nc1. The van der Waals surface area contributed by atoms with Crippen LogP contribution in [0.25, 0.3) is 22.6 Å². The Morgan fingerprint density at radius 3 is 2.20 bits per heavy atom. The van der Waals surface area contributed by atoms with Crippen LogP contribution in [0, 0.1) is 37.0 Å². The summed E-state index contributed by atoms with van der Waals surface area (Å²) in [6.07, 6.45) is 4.45. The molecule has 2 aromatic carbocycles. The Bertz CT molecular complexity index is 2390. The van der Waals surface area contributed by atoms with Gasteiger partial charge in [0.05, 0.1) is 29.1 Å². The molecule has 2 aromatic heterocycles. The van der Waals surface area contributed by atoms with Crippen molar-refractivity contribution >= 4 is 29.2 Å². The first kappa shape index (κ1) is 50.6. The molecular weight excluding hydrogens is 839 g/mol. The molecule has 4 aromatic rings. The number of fused-ring (bicyclic) bond motifs is 5. The molecule has 1 aliphatic rings. The lowest BCUT2D eigenvalue weighted by Crippen LogP contribution is -2.46. The Morgan fingerprint density at radius 1 is 0.924 bits per heavy atom. The number of likely N-dealkylation sites (N-methyl/N-ethyl adjacent to an activating group) is 1. The van der Waals surface area contributed by atoms with E-state index in [1.54, 1.807) is 51.1 Å². The molecule has 0 spiro atoms. The molecule has 0 aliphatic carbocycles. The number of rotatable bonds is 20. The van der Waals surface area contributed by atoms with Crippen molar-refractivity contribution in [2.24, 2.45) is 29.0 Å². The lowest BCUT2D eigenvalue weighted by molar-refractivity contribution is -0.142. The number of Topliss-reactive ketones (excluding diaryl/α,β-unsaturated/α-hetero) is 3. The van der Waals surface area contributed by atoms with Crippen LogP contribution in [0.5, 0.6) is 11.5 Å². The number of amides is 2. The van der Waals surface area contributed by atoms with Crippen molar-refractivity contribution in [3.05, 3.63) is 88.4 Å². The van der Waals surface area contributed by atoms with E-state index in [2.05, 4.69) is 27.2 Å². The van der Waals surface area contributed by atoms with E-state index in [-0.39, 0.29) is 82.9 Å². The second-order valence-electron chi connectivity index (χ2n) is 16.8. The van der Waals surface area contributed by atoms with Gasteiger partial charge in [0, 0.05) is 75.0 Å². The minimum absolute atomic E-state index is 0.0328. The average molecular weight is 902 g/mol. The lowest BCUT2D eigenvalue weighted by Gasteiger charge is -2.32. The van der Waals surface area contributed by atoms with Crippen LogP contribution in [0.2, 0.25) is 0 Å². The number of nitriles is 1. The summed E-state index contributed by atoms with van der Waals surface area (Å²) in [6.45, 7) is 8.01. The number of hydrogen-bond acceptors (Lipinski definition) is 14. The molecule has 0 saturated heterocycles. The minimum atomic E-state index is -1.25. The molecule has 2 amide bonds. The third kappa shape index (κ3) is 12.7. The number of nitrogens with zero attached hydrogens (tertiary/aromatic N) is 5. The smallest absolute Gasteiger partial charge is 0.226 e. The van der Waals surface area contributed by atoms with Crippen LogP contribution in [0.4, 0.5) is 0 Å². The Hall–Kier alpha value is -6.41. The van der Waals surface area contributed by atoms with Gasteiger partial charge in [-0.2, -0.15) is 5.26 Å².